The summed E-state index contributed by atoms with van der Waals surface area (Å²) < 4.78 is 0. The van der Waals surface area contributed by atoms with Crippen LogP contribution >= 0.6 is 12.6 Å². The maximum atomic E-state index is 7.04. The van der Waals surface area contributed by atoms with Crippen molar-refractivity contribution in [2.45, 2.75) is 18.2 Å². The molecular weight excluding hydrogens is 154 g/mol. The molecular formula is C9H11NS. The molecule has 0 amide bonds. The highest BCUT2D eigenvalue weighted by Gasteiger charge is 1.95. The van der Waals surface area contributed by atoms with E-state index < -0.39 is 0 Å². The fourth-order valence-corrected chi connectivity index (χ4v) is 1.24. The molecule has 0 fully saturated rings. The molecule has 1 aromatic carbocycles. The van der Waals surface area contributed by atoms with E-state index in [-0.39, 0.29) is 0 Å². The van der Waals surface area contributed by atoms with Crippen molar-refractivity contribution < 1.29 is 0 Å². The van der Waals surface area contributed by atoms with Gasteiger partial charge in [-0.2, -0.15) is 0 Å². The smallest absolute Gasteiger partial charge is 0.0261 e. The molecule has 0 bridgehead atoms. The molecule has 0 aliphatic heterocycles. The van der Waals surface area contributed by atoms with E-state index in [2.05, 4.69) is 19.6 Å². The van der Waals surface area contributed by atoms with Crippen LogP contribution in [0.15, 0.2) is 23.1 Å². The Bertz CT molecular complexity index is 268. The second kappa shape index (κ2) is 3.58. The Kier molecular flexibility index (Phi) is 2.71. The highest BCUT2D eigenvalue weighted by molar-refractivity contribution is 7.80. The number of benzene rings is 1. The average Bonchev–Trinajstić information content (AvgIpc) is 2.04. The number of hydrogen-bond donors (Lipinski definition) is 2. The minimum absolute atomic E-state index is 0.880. The molecule has 1 aromatic rings. The van der Waals surface area contributed by atoms with Crippen LogP contribution in [0.25, 0.3) is 0 Å². The van der Waals surface area contributed by atoms with Crippen molar-refractivity contribution in [3.8, 4) is 0 Å². The summed E-state index contributed by atoms with van der Waals surface area (Å²) in [5.74, 6) is 0. The molecule has 58 valence electrons. The first-order chi connectivity index (χ1) is 5.27. The van der Waals surface area contributed by atoms with E-state index >= 15 is 0 Å². The molecule has 0 spiro atoms. The molecule has 0 heterocycles. The lowest BCUT2D eigenvalue weighted by atomic mass is 10.1. The highest BCUT2D eigenvalue weighted by atomic mass is 32.1. The molecule has 0 aromatic heterocycles. The van der Waals surface area contributed by atoms with E-state index in [1.165, 1.54) is 11.8 Å². The zero-order valence-corrected chi connectivity index (χ0v) is 7.36. The fourth-order valence-electron chi connectivity index (χ4n) is 0.931. The van der Waals surface area contributed by atoms with Crippen LogP contribution in [0.3, 0.4) is 0 Å². The van der Waals surface area contributed by atoms with Crippen molar-refractivity contribution >= 4 is 18.8 Å². The van der Waals surface area contributed by atoms with Gasteiger partial charge in [0.1, 0.15) is 0 Å². The number of hydrogen-bond acceptors (Lipinski definition) is 2. The Morgan fingerprint density at radius 3 is 2.73 bits per heavy atom. The third-order valence-electron chi connectivity index (χ3n) is 1.66. The zero-order chi connectivity index (χ0) is 8.27. The monoisotopic (exact) mass is 165 g/mol. The number of rotatable bonds is 2. The second-order valence-electron chi connectivity index (χ2n) is 2.39. The average molecular weight is 165 g/mol. The molecule has 2 heteroatoms. The summed E-state index contributed by atoms with van der Waals surface area (Å²) in [5, 5.41) is 7.04. The largest absolute Gasteiger partial charge is 0.308 e. The van der Waals surface area contributed by atoms with E-state index in [4.69, 9.17) is 5.41 Å². The quantitative estimate of drug-likeness (QED) is 0.497. The van der Waals surface area contributed by atoms with Crippen molar-refractivity contribution in [2.75, 3.05) is 0 Å². The second-order valence-corrected chi connectivity index (χ2v) is 2.87. The van der Waals surface area contributed by atoms with Crippen LogP contribution in [-0.2, 0) is 6.42 Å². The van der Waals surface area contributed by atoms with Crippen LogP contribution in [0.1, 0.15) is 18.1 Å². The number of nitrogens with one attached hydrogen (secondary N) is 1. The Morgan fingerprint density at radius 1 is 1.55 bits per heavy atom. The molecule has 0 aliphatic carbocycles. The molecule has 0 saturated carbocycles. The van der Waals surface area contributed by atoms with Crippen LogP contribution in [0.5, 0.6) is 0 Å². The molecule has 0 atom stereocenters. The van der Waals surface area contributed by atoms with Gasteiger partial charge in [-0.25, -0.2) is 0 Å². The minimum Gasteiger partial charge on any atom is -0.308 e. The summed E-state index contributed by atoms with van der Waals surface area (Å²) in [7, 11) is 0. The van der Waals surface area contributed by atoms with E-state index in [1.54, 1.807) is 0 Å². The summed E-state index contributed by atoms with van der Waals surface area (Å²) in [6.07, 6.45) is 2.34. The Balaban J connectivity index is 3.09. The number of aryl methyl sites for hydroxylation is 1. The lowest BCUT2D eigenvalue weighted by Crippen LogP contribution is -1.85. The van der Waals surface area contributed by atoms with Crippen molar-refractivity contribution in [3.05, 3.63) is 29.3 Å². The summed E-state index contributed by atoms with van der Waals surface area (Å²) in [5.41, 5.74) is 2.14. The number of thiol groups is 1. The van der Waals surface area contributed by atoms with Crippen molar-refractivity contribution in [3.63, 3.8) is 0 Å². The molecule has 11 heavy (non-hydrogen) atoms. The van der Waals surface area contributed by atoms with E-state index in [0.717, 1.165) is 16.9 Å². The fraction of sp³-hybridized carbons (Fsp3) is 0.222. The first kappa shape index (κ1) is 8.34. The first-order valence-corrected chi connectivity index (χ1v) is 4.05. The predicted molar refractivity (Wildman–Crippen MR) is 51.0 cm³/mol. The lowest BCUT2D eigenvalue weighted by Gasteiger charge is -2.00. The van der Waals surface area contributed by atoms with Gasteiger partial charge in [-0.1, -0.05) is 19.1 Å². The van der Waals surface area contributed by atoms with Gasteiger partial charge in [0.2, 0.25) is 0 Å². The molecule has 1 nitrogen and oxygen atoms in total. The molecule has 0 saturated heterocycles. The summed E-state index contributed by atoms with van der Waals surface area (Å²) in [4.78, 5) is 0.888. The minimum atomic E-state index is 0.880. The predicted octanol–water partition coefficient (Wildman–Crippen LogP) is 2.54. The van der Waals surface area contributed by atoms with Gasteiger partial charge in [-0.3, -0.25) is 0 Å². The highest BCUT2D eigenvalue weighted by Crippen LogP contribution is 2.14. The van der Waals surface area contributed by atoms with Crippen LogP contribution in [0, 0.1) is 5.41 Å². The lowest BCUT2D eigenvalue weighted by molar-refractivity contribution is 1.12. The van der Waals surface area contributed by atoms with Gasteiger partial charge < -0.3 is 5.41 Å². The molecule has 1 rings (SSSR count). The maximum absolute atomic E-state index is 7.04. The van der Waals surface area contributed by atoms with Gasteiger partial charge in [-0.15, -0.1) is 12.6 Å². The van der Waals surface area contributed by atoms with E-state index in [1.807, 2.05) is 18.2 Å². The van der Waals surface area contributed by atoms with E-state index in [0.29, 0.717) is 0 Å². The molecule has 0 aliphatic rings. The normalized spacial score (nSPS) is 9.64. The summed E-state index contributed by atoms with van der Waals surface area (Å²) >= 11 is 4.25. The van der Waals surface area contributed by atoms with Crippen LogP contribution < -0.4 is 0 Å². The third-order valence-corrected chi connectivity index (χ3v) is 2.05. The van der Waals surface area contributed by atoms with Crippen molar-refractivity contribution in [1.82, 2.24) is 0 Å². The summed E-state index contributed by atoms with van der Waals surface area (Å²) in [6.45, 7) is 2.10. The van der Waals surface area contributed by atoms with Crippen LogP contribution in [0.2, 0.25) is 0 Å². The SMILES string of the molecule is CCc1ccc(C=N)c(S)c1. The van der Waals surface area contributed by atoms with Crippen molar-refractivity contribution in [2.24, 2.45) is 0 Å². The molecule has 0 unspecified atom stereocenters. The van der Waals surface area contributed by atoms with Crippen LogP contribution in [-0.4, -0.2) is 6.21 Å². The first-order valence-electron chi connectivity index (χ1n) is 3.60. The van der Waals surface area contributed by atoms with Gasteiger partial charge in [0.15, 0.2) is 0 Å². The van der Waals surface area contributed by atoms with Gasteiger partial charge in [0.25, 0.3) is 0 Å². The Labute approximate surface area is 72.4 Å². The topological polar surface area (TPSA) is 23.9 Å². The van der Waals surface area contributed by atoms with Gasteiger partial charge in [0, 0.05) is 16.7 Å². The zero-order valence-electron chi connectivity index (χ0n) is 6.46. The van der Waals surface area contributed by atoms with Gasteiger partial charge in [0.05, 0.1) is 0 Å². The maximum Gasteiger partial charge on any atom is 0.0261 e. The van der Waals surface area contributed by atoms with E-state index in [9.17, 15) is 0 Å². The summed E-state index contributed by atoms with van der Waals surface area (Å²) in [6, 6.07) is 5.96. The standard InChI is InChI=1S/C9H11NS/c1-2-7-3-4-8(6-10)9(11)5-7/h3-6,10-11H,2H2,1H3. The van der Waals surface area contributed by atoms with Crippen LogP contribution in [0.4, 0.5) is 0 Å². The van der Waals surface area contributed by atoms with Gasteiger partial charge >= 0.3 is 0 Å². The van der Waals surface area contributed by atoms with Gasteiger partial charge in [-0.05, 0) is 18.1 Å². The van der Waals surface area contributed by atoms with Crippen molar-refractivity contribution in [1.29, 1.82) is 5.41 Å². The Hall–Kier alpha value is -0.760. The Morgan fingerprint density at radius 2 is 2.27 bits per heavy atom. The molecule has 0 radical (unpaired) electrons. The molecule has 1 N–H and O–H groups in total. The third kappa shape index (κ3) is 1.84.